The maximum atomic E-state index is 5.07. The molecule has 1 aliphatic heterocycles. The van der Waals surface area contributed by atoms with Crippen LogP contribution < -0.4 is 4.90 Å². The number of nitrogens with zero attached hydrogens (tertiary/aromatic N) is 2. The second kappa shape index (κ2) is 9.41. The average Bonchev–Trinajstić information content (AvgIpc) is 3.04. The van der Waals surface area contributed by atoms with Crippen LogP contribution in [0.15, 0.2) is 156 Å². The summed E-state index contributed by atoms with van der Waals surface area (Å²) in [7, 11) is 0. The Hall–Kier alpha value is -4.86. The van der Waals surface area contributed by atoms with E-state index in [0.717, 1.165) is 22.5 Å². The van der Waals surface area contributed by atoms with E-state index in [1.807, 2.05) is 18.0 Å². The lowest BCUT2D eigenvalue weighted by molar-refractivity contribution is 1.17. The molecule has 188 valence electrons. The Labute approximate surface area is 237 Å². The monoisotopic (exact) mass is 528 g/mol. The molecule has 1 aromatic heterocycles. The van der Waals surface area contributed by atoms with Crippen LogP contribution in [0.2, 0.25) is 0 Å². The van der Waals surface area contributed by atoms with Gasteiger partial charge >= 0.3 is 0 Å². The molecule has 7 aromatic rings. The van der Waals surface area contributed by atoms with Crippen LogP contribution in [0, 0.1) is 0 Å². The molecule has 6 aromatic carbocycles. The summed E-state index contributed by atoms with van der Waals surface area (Å²) in [4.78, 5) is 10.0. The Morgan fingerprint density at radius 1 is 0.450 bits per heavy atom. The highest BCUT2D eigenvalue weighted by molar-refractivity contribution is 7.99. The third-order valence-corrected chi connectivity index (χ3v) is 8.77. The lowest BCUT2D eigenvalue weighted by atomic mass is 9.96. The highest BCUT2D eigenvalue weighted by Gasteiger charge is 2.32. The van der Waals surface area contributed by atoms with Crippen molar-refractivity contribution < 1.29 is 0 Å². The van der Waals surface area contributed by atoms with Crippen molar-refractivity contribution in [2.45, 2.75) is 9.79 Å². The lowest BCUT2D eigenvalue weighted by Gasteiger charge is -2.37. The van der Waals surface area contributed by atoms with Crippen molar-refractivity contribution in [2.24, 2.45) is 0 Å². The van der Waals surface area contributed by atoms with Crippen LogP contribution in [0.1, 0.15) is 0 Å². The Kier molecular flexibility index (Phi) is 5.42. The number of aromatic nitrogens is 1. The molecule has 0 amide bonds. The molecule has 0 atom stereocenters. The fraction of sp³-hybridized carbons (Fsp3) is 0. The van der Waals surface area contributed by atoms with Gasteiger partial charge in [0, 0.05) is 37.9 Å². The summed E-state index contributed by atoms with van der Waals surface area (Å²) < 4.78 is 0. The van der Waals surface area contributed by atoms with Crippen LogP contribution in [-0.4, -0.2) is 4.98 Å². The van der Waals surface area contributed by atoms with Gasteiger partial charge in [-0.2, -0.15) is 0 Å². The fourth-order valence-corrected chi connectivity index (χ4v) is 6.99. The van der Waals surface area contributed by atoms with Crippen molar-refractivity contribution in [3.8, 4) is 22.4 Å². The first-order chi connectivity index (χ1) is 19.9. The van der Waals surface area contributed by atoms with Crippen molar-refractivity contribution in [1.82, 2.24) is 4.98 Å². The molecule has 0 radical (unpaired) electrons. The van der Waals surface area contributed by atoms with Gasteiger partial charge in [0.1, 0.15) is 0 Å². The van der Waals surface area contributed by atoms with Gasteiger partial charge in [0.25, 0.3) is 0 Å². The molecule has 0 N–H and O–H groups in total. The van der Waals surface area contributed by atoms with E-state index >= 15 is 0 Å². The molecule has 0 unspecified atom stereocenters. The van der Waals surface area contributed by atoms with Gasteiger partial charge in [-0.05, 0) is 34.5 Å². The SMILES string of the molecule is c1ccc(-c2ccnc(-c3ccccc3)c2N2c3c(ccc4ccccc34)Sc3ccc4ccccc4c32)cc1. The van der Waals surface area contributed by atoms with E-state index < -0.39 is 0 Å². The number of rotatable bonds is 3. The van der Waals surface area contributed by atoms with Crippen molar-refractivity contribution in [3.63, 3.8) is 0 Å². The van der Waals surface area contributed by atoms with Gasteiger partial charge in [0.2, 0.25) is 0 Å². The van der Waals surface area contributed by atoms with Crippen LogP contribution in [-0.2, 0) is 0 Å². The molecule has 0 saturated carbocycles. The molecule has 0 saturated heterocycles. The smallest absolute Gasteiger partial charge is 0.0948 e. The van der Waals surface area contributed by atoms with E-state index in [4.69, 9.17) is 4.98 Å². The molecule has 0 fully saturated rings. The molecular weight excluding hydrogens is 504 g/mol. The third kappa shape index (κ3) is 3.63. The maximum Gasteiger partial charge on any atom is 0.0948 e. The first-order valence-corrected chi connectivity index (χ1v) is 14.3. The Balaban J connectivity index is 1.57. The zero-order chi connectivity index (χ0) is 26.5. The van der Waals surface area contributed by atoms with Crippen molar-refractivity contribution >= 4 is 50.4 Å². The van der Waals surface area contributed by atoms with Gasteiger partial charge < -0.3 is 4.90 Å². The minimum Gasteiger partial charge on any atom is -0.304 e. The number of anilines is 3. The zero-order valence-corrected chi connectivity index (χ0v) is 22.5. The second-order valence-corrected chi connectivity index (χ2v) is 11.1. The van der Waals surface area contributed by atoms with E-state index in [1.54, 1.807) is 0 Å². The van der Waals surface area contributed by atoms with E-state index in [0.29, 0.717) is 0 Å². The Morgan fingerprint density at radius 2 is 0.975 bits per heavy atom. The second-order valence-electron chi connectivity index (χ2n) is 9.99. The van der Waals surface area contributed by atoms with E-state index in [9.17, 15) is 0 Å². The van der Waals surface area contributed by atoms with Gasteiger partial charge in [0.15, 0.2) is 0 Å². The molecule has 1 aliphatic rings. The minimum atomic E-state index is 0.964. The number of hydrogen-bond acceptors (Lipinski definition) is 3. The predicted octanol–water partition coefficient (Wildman–Crippen LogP) is 10.7. The van der Waals surface area contributed by atoms with Crippen molar-refractivity contribution in [1.29, 1.82) is 0 Å². The molecule has 8 rings (SSSR count). The maximum absolute atomic E-state index is 5.07. The molecule has 0 aliphatic carbocycles. The Bertz CT molecular complexity index is 1890. The molecule has 2 heterocycles. The minimum absolute atomic E-state index is 0.964. The topological polar surface area (TPSA) is 16.1 Å². The highest BCUT2D eigenvalue weighted by atomic mass is 32.2. The largest absolute Gasteiger partial charge is 0.304 e. The van der Waals surface area contributed by atoms with Crippen LogP contribution in [0.25, 0.3) is 43.9 Å². The summed E-state index contributed by atoms with van der Waals surface area (Å²) in [5.41, 5.74) is 7.88. The first kappa shape index (κ1) is 23.1. The molecular formula is C37H24N2S. The number of pyridine rings is 1. The average molecular weight is 529 g/mol. The normalized spacial score (nSPS) is 12.3. The van der Waals surface area contributed by atoms with Crippen LogP contribution in [0.3, 0.4) is 0 Å². The molecule has 0 bridgehead atoms. The van der Waals surface area contributed by atoms with Gasteiger partial charge in [0.05, 0.1) is 22.8 Å². The summed E-state index contributed by atoms with van der Waals surface area (Å²) in [6.45, 7) is 0. The third-order valence-electron chi connectivity index (χ3n) is 7.67. The summed E-state index contributed by atoms with van der Waals surface area (Å²) in [6.07, 6.45) is 1.95. The summed E-state index contributed by atoms with van der Waals surface area (Å²) in [5, 5.41) is 4.91. The first-order valence-electron chi connectivity index (χ1n) is 13.5. The fourth-order valence-electron chi connectivity index (χ4n) is 5.89. The van der Waals surface area contributed by atoms with Crippen LogP contribution >= 0.6 is 11.8 Å². The van der Waals surface area contributed by atoms with Gasteiger partial charge in [-0.1, -0.05) is 133 Å². The van der Waals surface area contributed by atoms with Gasteiger partial charge in [-0.25, -0.2) is 0 Å². The lowest BCUT2D eigenvalue weighted by Crippen LogP contribution is -2.18. The van der Waals surface area contributed by atoms with Crippen LogP contribution in [0.5, 0.6) is 0 Å². The van der Waals surface area contributed by atoms with Gasteiger partial charge in [-0.15, -0.1) is 0 Å². The van der Waals surface area contributed by atoms with Crippen molar-refractivity contribution in [3.05, 3.63) is 146 Å². The number of fused-ring (bicyclic) bond motifs is 6. The Morgan fingerprint density at radius 3 is 1.57 bits per heavy atom. The number of hydrogen-bond donors (Lipinski definition) is 0. The number of benzene rings is 6. The molecule has 0 spiro atoms. The summed E-state index contributed by atoms with van der Waals surface area (Å²) in [5.74, 6) is 0. The van der Waals surface area contributed by atoms with E-state index in [2.05, 4.69) is 144 Å². The predicted molar refractivity (Wildman–Crippen MR) is 169 cm³/mol. The quantitative estimate of drug-likeness (QED) is 0.227. The zero-order valence-electron chi connectivity index (χ0n) is 21.7. The summed E-state index contributed by atoms with van der Waals surface area (Å²) >= 11 is 1.85. The molecule has 3 heteroatoms. The van der Waals surface area contributed by atoms with E-state index in [1.165, 1.54) is 48.3 Å². The molecule has 40 heavy (non-hydrogen) atoms. The highest BCUT2D eigenvalue weighted by Crippen LogP contribution is 2.58. The van der Waals surface area contributed by atoms with Gasteiger partial charge in [-0.3, -0.25) is 4.98 Å². The van der Waals surface area contributed by atoms with Crippen LogP contribution in [0.4, 0.5) is 17.1 Å². The molecule has 2 nitrogen and oxygen atoms in total. The summed E-state index contributed by atoms with van der Waals surface area (Å²) in [6, 6.07) is 49.9. The standard InChI is InChI=1S/C37H24N2S/c1-3-11-25(12-4-1)31-23-24-38-34(28-15-5-2-6-16-28)37(31)39-35-29-17-9-7-13-26(29)19-21-32(35)40-33-22-20-27-14-8-10-18-30(27)36(33)39/h1-24H. The van der Waals surface area contributed by atoms with Crippen molar-refractivity contribution in [2.75, 3.05) is 4.90 Å². The van der Waals surface area contributed by atoms with E-state index in [-0.39, 0.29) is 0 Å².